The number of halogens is 1. The number of benzene rings is 1. The van der Waals surface area contributed by atoms with Crippen molar-refractivity contribution in [2.75, 3.05) is 45.6 Å². The van der Waals surface area contributed by atoms with Gasteiger partial charge in [-0.15, -0.1) is 0 Å². The van der Waals surface area contributed by atoms with Gasteiger partial charge in [-0.3, -0.25) is 0 Å². The van der Waals surface area contributed by atoms with E-state index in [0.29, 0.717) is 6.04 Å². The van der Waals surface area contributed by atoms with E-state index in [-0.39, 0.29) is 5.82 Å². The van der Waals surface area contributed by atoms with E-state index < -0.39 is 0 Å². The standard InChI is InChI=1S/C15H24FN3/c1-18-9-4-7-15(12-18)19(2)10-8-17-14-6-3-5-13(16)11-14/h3,5-6,11,15,17H,4,7-10,12H2,1-2H3. The van der Waals surface area contributed by atoms with Gasteiger partial charge in [0, 0.05) is 31.4 Å². The van der Waals surface area contributed by atoms with Gasteiger partial charge in [-0.05, 0) is 51.7 Å². The first-order chi connectivity index (χ1) is 9.15. The molecule has 0 saturated carbocycles. The van der Waals surface area contributed by atoms with Crippen LogP contribution in [0.2, 0.25) is 0 Å². The molecule has 0 aromatic heterocycles. The van der Waals surface area contributed by atoms with Crippen LogP contribution in [0.3, 0.4) is 0 Å². The van der Waals surface area contributed by atoms with Crippen LogP contribution in [0, 0.1) is 5.82 Å². The van der Waals surface area contributed by atoms with Crippen LogP contribution in [-0.4, -0.2) is 56.1 Å². The third kappa shape index (κ3) is 4.48. The van der Waals surface area contributed by atoms with Crippen LogP contribution < -0.4 is 5.32 Å². The summed E-state index contributed by atoms with van der Waals surface area (Å²) in [7, 11) is 4.36. The molecule has 1 fully saturated rings. The number of nitrogens with one attached hydrogen (secondary N) is 1. The molecule has 1 aliphatic heterocycles. The van der Waals surface area contributed by atoms with Crippen molar-refractivity contribution in [3.8, 4) is 0 Å². The lowest BCUT2D eigenvalue weighted by atomic mass is 10.1. The van der Waals surface area contributed by atoms with Gasteiger partial charge in [0.2, 0.25) is 0 Å². The Kier molecular flexibility index (Phi) is 5.16. The van der Waals surface area contributed by atoms with Crippen molar-refractivity contribution in [1.29, 1.82) is 0 Å². The molecule has 19 heavy (non-hydrogen) atoms. The Bertz CT molecular complexity index is 397. The molecule has 4 heteroatoms. The Morgan fingerprint density at radius 2 is 2.32 bits per heavy atom. The van der Waals surface area contributed by atoms with E-state index in [1.165, 1.54) is 31.5 Å². The number of likely N-dealkylation sites (tertiary alicyclic amines) is 1. The molecule has 0 amide bonds. The van der Waals surface area contributed by atoms with Crippen LogP contribution in [0.15, 0.2) is 24.3 Å². The lowest BCUT2D eigenvalue weighted by Crippen LogP contribution is -2.46. The van der Waals surface area contributed by atoms with Crippen LogP contribution in [0.4, 0.5) is 10.1 Å². The summed E-state index contributed by atoms with van der Waals surface area (Å²) in [5, 5.41) is 3.27. The zero-order valence-corrected chi connectivity index (χ0v) is 11.9. The van der Waals surface area contributed by atoms with Crippen LogP contribution >= 0.6 is 0 Å². The average molecular weight is 265 g/mol. The van der Waals surface area contributed by atoms with Gasteiger partial charge in [0.15, 0.2) is 0 Å². The first kappa shape index (κ1) is 14.3. The zero-order valence-electron chi connectivity index (χ0n) is 11.9. The summed E-state index contributed by atoms with van der Waals surface area (Å²) in [6.45, 7) is 4.19. The minimum absolute atomic E-state index is 0.188. The Labute approximate surface area is 115 Å². The molecule has 1 aliphatic rings. The fourth-order valence-electron chi connectivity index (χ4n) is 2.66. The van der Waals surface area contributed by atoms with Gasteiger partial charge < -0.3 is 15.1 Å². The third-order valence-electron chi connectivity index (χ3n) is 3.84. The minimum Gasteiger partial charge on any atom is -0.384 e. The lowest BCUT2D eigenvalue weighted by Gasteiger charge is -2.35. The number of hydrogen-bond acceptors (Lipinski definition) is 3. The van der Waals surface area contributed by atoms with Crippen molar-refractivity contribution in [3.63, 3.8) is 0 Å². The summed E-state index contributed by atoms with van der Waals surface area (Å²) in [4.78, 5) is 4.80. The molecule has 0 spiro atoms. The van der Waals surface area contributed by atoms with Gasteiger partial charge in [-0.25, -0.2) is 4.39 Å². The maximum absolute atomic E-state index is 13.0. The van der Waals surface area contributed by atoms with E-state index in [1.54, 1.807) is 6.07 Å². The first-order valence-electron chi connectivity index (χ1n) is 7.03. The maximum Gasteiger partial charge on any atom is 0.125 e. The van der Waals surface area contributed by atoms with E-state index in [4.69, 9.17) is 0 Å². The van der Waals surface area contributed by atoms with Crippen LogP contribution in [-0.2, 0) is 0 Å². The van der Waals surface area contributed by atoms with E-state index in [2.05, 4.69) is 29.2 Å². The molecule has 3 nitrogen and oxygen atoms in total. The summed E-state index contributed by atoms with van der Waals surface area (Å²) in [6.07, 6.45) is 2.56. The highest BCUT2D eigenvalue weighted by Gasteiger charge is 2.20. The van der Waals surface area contributed by atoms with Crippen molar-refractivity contribution in [3.05, 3.63) is 30.1 Å². The summed E-state index contributed by atoms with van der Waals surface area (Å²) in [5.74, 6) is -0.188. The largest absolute Gasteiger partial charge is 0.384 e. The SMILES string of the molecule is CN1CCCC(N(C)CCNc2cccc(F)c2)C1. The number of piperidine rings is 1. The lowest BCUT2D eigenvalue weighted by molar-refractivity contribution is 0.138. The van der Waals surface area contributed by atoms with E-state index in [0.717, 1.165) is 25.3 Å². The van der Waals surface area contributed by atoms with E-state index in [9.17, 15) is 4.39 Å². The summed E-state index contributed by atoms with van der Waals surface area (Å²) in [5.41, 5.74) is 0.856. The van der Waals surface area contributed by atoms with Gasteiger partial charge in [0.05, 0.1) is 0 Å². The quantitative estimate of drug-likeness (QED) is 0.881. The molecule has 0 radical (unpaired) electrons. The Morgan fingerprint density at radius 3 is 3.05 bits per heavy atom. The maximum atomic E-state index is 13.0. The second-order valence-corrected chi connectivity index (χ2v) is 5.48. The van der Waals surface area contributed by atoms with Gasteiger partial charge >= 0.3 is 0 Å². The molecule has 1 saturated heterocycles. The van der Waals surface area contributed by atoms with Crippen LogP contribution in [0.1, 0.15) is 12.8 Å². The smallest absolute Gasteiger partial charge is 0.125 e. The van der Waals surface area contributed by atoms with Gasteiger partial charge in [-0.2, -0.15) is 0 Å². The van der Waals surface area contributed by atoms with Crippen molar-refractivity contribution in [1.82, 2.24) is 9.80 Å². The molecule has 1 unspecified atom stereocenters. The minimum atomic E-state index is -0.188. The Morgan fingerprint density at radius 1 is 1.47 bits per heavy atom. The predicted molar refractivity (Wildman–Crippen MR) is 78.0 cm³/mol. The van der Waals surface area contributed by atoms with Crippen LogP contribution in [0.5, 0.6) is 0 Å². The molecular weight excluding hydrogens is 241 g/mol. The van der Waals surface area contributed by atoms with Crippen molar-refractivity contribution < 1.29 is 4.39 Å². The highest BCUT2D eigenvalue weighted by Crippen LogP contribution is 2.13. The monoisotopic (exact) mass is 265 g/mol. The molecular formula is C15H24FN3. The molecule has 0 bridgehead atoms. The molecule has 1 N–H and O–H groups in total. The topological polar surface area (TPSA) is 18.5 Å². The second-order valence-electron chi connectivity index (χ2n) is 5.48. The molecule has 0 aliphatic carbocycles. The zero-order chi connectivity index (χ0) is 13.7. The highest BCUT2D eigenvalue weighted by molar-refractivity contribution is 5.42. The molecule has 1 aromatic rings. The first-order valence-corrected chi connectivity index (χ1v) is 7.03. The van der Waals surface area contributed by atoms with Gasteiger partial charge in [0.25, 0.3) is 0 Å². The van der Waals surface area contributed by atoms with Gasteiger partial charge in [0.1, 0.15) is 5.82 Å². The summed E-state index contributed by atoms with van der Waals surface area (Å²) < 4.78 is 13.0. The fourth-order valence-corrected chi connectivity index (χ4v) is 2.66. The molecule has 1 aromatic carbocycles. The summed E-state index contributed by atoms with van der Waals surface area (Å²) >= 11 is 0. The Balaban J connectivity index is 1.73. The summed E-state index contributed by atoms with van der Waals surface area (Å²) in [6, 6.07) is 7.28. The van der Waals surface area contributed by atoms with E-state index in [1.807, 2.05) is 6.07 Å². The van der Waals surface area contributed by atoms with Gasteiger partial charge in [-0.1, -0.05) is 6.07 Å². The molecule has 2 rings (SSSR count). The van der Waals surface area contributed by atoms with Crippen LogP contribution in [0.25, 0.3) is 0 Å². The molecule has 106 valence electrons. The molecule has 1 heterocycles. The van der Waals surface area contributed by atoms with Crippen molar-refractivity contribution >= 4 is 5.69 Å². The number of rotatable bonds is 5. The fraction of sp³-hybridized carbons (Fsp3) is 0.600. The normalized spacial score (nSPS) is 20.7. The number of anilines is 1. The second kappa shape index (κ2) is 6.87. The highest BCUT2D eigenvalue weighted by atomic mass is 19.1. The Hall–Kier alpha value is -1.13. The van der Waals surface area contributed by atoms with Crippen molar-refractivity contribution in [2.24, 2.45) is 0 Å². The van der Waals surface area contributed by atoms with E-state index >= 15 is 0 Å². The van der Waals surface area contributed by atoms with Crippen molar-refractivity contribution in [2.45, 2.75) is 18.9 Å². The predicted octanol–water partition coefficient (Wildman–Crippen LogP) is 2.26. The number of hydrogen-bond donors (Lipinski definition) is 1. The number of likely N-dealkylation sites (N-methyl/N-ethyl adjacent to an activating group) is 2. The number of nitrogens with zero attached hydrogens (tertiary/aromatic N) is 2. The third-order valence-corrected chi connectivity index (χ3v) is 3.84. The average Bonchev–Trinajstić information content (AvgIpc) is 2.38. The molecule has 1 atom stereocenters.